The molecule has 18 heteroatoms. The number of allylic oxidation sites excluding steroid dienone is 12. The number of phosphoric acid groups is 2. The molecule has 0 fully saturated rings. The molecule has 0 aromatic carbocycles. The third kappa shape index (κ3) is 60.5. The van der Waals surface area contributed by atoms with Gasteiger partial charge >= 0.3 is 33.6 Å². The lowest BCUT2D eigenvalue weighted by molar-refractivity contribution is -0.161. The second-order valence-electron chi connectivity index (χ2n) is 21.5. The van der Waals surface area contributed by atoms with E-state index in [-0.39, 0.29) is 19.3 Å². The van der Waals surface area contributed by atoms with Crippen molar-refractivity contribution in [3.05, 3.63) is 72.9 Å². The van der Waals surface area contributed by atoms with Gasteiger partial charge in [0.2, 0.25) is 0 Å². The number of rotatable bonds is 61. The summed E-state index contributed by atoms with van der Waals surface area (Å²) in [5, 5.41) is 20.5. The number of hydrogen-bond acceptors (Lipinski definition) is 14. The van der Waals surface area contributed by atoms with Crippen LogP contribution in [0.4, 0.5) is 0 Å². The van der Waals surface area contributed by atoms with Crippen molar-refractivity contribution in [3.63, 3.8) is 0 Å². The molecule has 5 atom stereocenters. The zero-order valence-corrected chi connectivity index (χ0v) is 53.6. The molecule has 0 heterocycles. The molecule has 0 aromatic heterocycles. The first-order chi connectivity index (χ1) is 40.2. The first-order valence-electron chi connectivity index (χ1n) is 32.2. The number of hydrogen-bond donors (Lipinski definition) is 4. The molecule has 0 saturated carbocycles. The van der Waals surface area contributed by atoms with E-state index in [1.807, 2.05) is 0 Å². The monoisotopic (exact) mass is 1210 g/mol. The number of carbonyl (C=O) groups is 3. The molecule has 16 nitrogen and oxygen atoms in total. The Labute approximate surface area is 503 Å². The number of carbonyl (C=O) groups excluding carboxylic acids is 3. The molecule has 4 N–H and O–H groups in total. The summed E-state index contributed by atoms with van der Waals surface area (Å²) < 4.78 is 60.7. The van der Waals surface area contributed by atoms with Crippen LogP contribution in [-0.4, -0.2) is 95.9 Å². The lowest BCUT2D eigenvalue weighted by Crippen LogP contribution is -2.30. The number of aliphatic hydroxyl groups is 2. The number of esters is 3. The van der Waals surface area contributed by atoms with E-state index in [0.29, 0.717) is 19.3 Å². The fraction of sp³-hybridized carbons (Fsp3) is 0.769. The lowest BCUT2D eigenvalue weighted by Gasteiger charge is -2.21. The van der Waals surface area contributed by atoms with E-state index in [0.717, 1.165) is 135 Å². The van der Waals surface area contributed by atoms with Gasteiger partial charge < -0.3 is 34.2 Å². The largest absolute Gasteiger partial charge is 0.472 e. The second kappa shape index (κ2) is 59.3. The third-order valence-corrected chi connectivity index (χ3v) is 15.3. The maximum absolute atomic E-state index is 12.9. The van der Waals surface area contributed by atoms with E-state index in [1.165, 1.54) is 70.6 Å². The van der Waals surface area contributed by atoms with Crippen LogP contribution in [0.15, 0.2) is 72.9 Å². The highest BCUT2D eigenvalue weighted by molar-refractivity contribution is 7.47. The van der Waals surface area contributed by atoms with Crippen LogP contribution < -0.4 is 0 Å². The quantitative estimate of drug-likeness (QED) is 0.0146. The van der Waals surface area contributed by atoms with Gasteiger partial charge in [-0.05, 0) is 89.9 Å². The summed E-state index contributed by atoms with van der Waals surface area (Å²) in [6.07, 6.45) is 59.6. The predicted octanol–water partition coefficient (Wildman–Crippen LogP) is 17.2. The molecule has 0 aliphatic heterocycles. The van der Waals surface area contributed by atoms with Crippen molar-refractivity contribution in [3.8, 4) is 0 Å². The van der Waals surface area contributed by atoms with Crippen molar-refractivity contribution >= 4 is 33.6 Å². The molecule has 5 unspecified atom stereocenters. The van der Waals surface area contributed by atoms with Crippen LogP contribution in [0.1, 0.15) is 265 Å². The smallest absolute Gasteiger partial charge is 0.463 e. The average Bonchev–Trinajstić information content (AvgIpc) is 3.46. The van der Waals surface area contributed by atoms with Gasteiger partial charge in [-0.15, -0.1) is 0 Å². The molecule has 482 valence electrons. The fourth-order valence-corrected chi connectivity index (χ4v) is 10.1. The van der Waals surface area contributed by atoms with E-state index >= 15 is 0 Å². The van der Waals surface area contributed by atoms with Crippen molar-refractivity contribution in [2.75, 3.05) is 39.6 Å². The van der Waals surface area contributed by atoms with Gasteiger partial charge in [0.05, 0.1) is 26.4 Å². The Morgan fingerprint density at radius 2 is 0.639 bits per heavy atom. The minimum absolute atomic E-state index is 0.106. The van der Waals surface area contributed by atoms with Gasteiger partial charge in [0.25, 0.3) is 0 Å². The summed E-state index contributed by atoms with van der Waals surface area (Å²) in [4.78, 5) is 58.2. The third-order valence-electron chi connectivity index (χ3n) is 13.4. The highest BCUT2D eigenvalue weighted by Gasteiger charge is 2.29. The van der Waals surface area contributed by atoms with E-state index in [2.05, 4.69) is 93.7 Å². The predicted molar refractivity (Wildman–Crippen MR) is 335 cm³/mol. The highest BCUT2D eigenvalue weighted by atomic mass is 31.2. The van der Waals surface area contributed by atoms with Crippen LogP contribution in [0.2, 0.25) is 0 Å². The van der Waals surface area contributed by atoms with Gasteiger partial charge in [-0.1, -0.05) is 229 Å². The maximum Gasteiger partial charge on any atom is 0.472 e. The Bertz CT molecular complexity index is 1820. The summed E-state index contributed by atoms with van der Waals surface area (Å²) in [5.41, 5.74) is 0. The number of ether oxygens (including phenoxy) is 3. The van der Waals surface area contributed by atoms with Gasteiger partial charge in [-0.2, -0.15) is 0 Å². The minimum Gasteiger partial charge on any atom is -0.463 e. The van der Waals surface area contributed by atoms with Crippen molar-refractivity contribution in [2.45, 2.75) is 283 Å². The summed E-state index contributed by atoms with van der Waals surface area (Å²) in [7, 11) is -9.76. The van der Waals surface area contributed by atoms with Crippen LogP contribution in [0.3, 0.4) is 0 Å². The molecule has 0 bridgehead atoms. The first-order valence-corrected chi connectivity index (χ1v) is 35.2. The first kappa shape index (κ1) is 80.0. The molecule has 0 rings (SSSR count). The van der Waals surface area contributed by atoms with Crippen LogP contribution in [0.25, 0.3) is 0 Å². The van der Waals surface area contributed by atoms with E-state index in [9.17, 15) is 43.5 Å². The standard InChI is InChI=1S/C65H116O16P2/c1-4-7-10-13-16-19-22-25-27-28-29-30-32-35-36-39-42-45-48-51-63(68)75-54-60(66)55-77-82(71,72)78-56-61(67)57-79-83(73,74)80-59-62(81-65(70)53-50-47-44-41-38-33-24-21-18-15-12-9-6-3)58-76-64(69)52-49-46-43-40-37-34-31-26-23-20-17-14-11-8-5-2/h7,10,16-17,19-20,25-27,29-31,60-62,66-67H,4-6,8-9,11-15,18,21-24,28,32-59H2,1-3H3,(H,71,72)(H,73,74)/b10-7-,19-16-,20-17-,27-25-,30-29-,31-26-. The molecule has 0 aromatic rings. The van der Waals surface area contributed by atoms with Crippen molar-refractivity contribution < 1.29 is 75.8 Å². The Morgan fingerprint density at radius 1 is 0.349 bits per heavy atom. The van der Waals surface area contributed by atoms with Crippen LogP contribution >= 0.6 is 15.6 Å². The van der Waals surface area contributed by atoms with Gasteiger partial charge in [0.15, 0.2) is 6.10 Å². The summed E-state index contributed by atoms with van der Waals surface area (Å²) in [6.45, 7) is 2.50. The van der Waals surface area contributed by atoms with Gasteiger partial charge in [0, 0.05) is 19.3 Å². The van der Waals surface area contributed by atoms with Crippen molar-refractivity contribution in [2.24, 2.45) is 0 Å². The molecule has 0 aliphatic rings. The second-order valence-corrected chi connectivity index (χ2v) is 24.4. The Morgan fingerprint density at radius 3 is 1.04 bits per heavy atom. The number of phosphoric ester groups is 2. The molecule has 0 saturated heterocycles. The molecule has 0 amide bonds. The van der Waals surface area contributed by atoms with Crippen molar-refractivity contribution in [1.82, 2.24) is 0 Å². The Hall–Kier alpha value is -3.01. The zero-order chi connectivity index (χ0) is 61.0. The maximum atomic E-state index is 12.9. The Kier molecular flexibility index (Phi) is 57.2. The SMILES string of the molecule is CC/C=C\C/C=C\C/C=C\C/C=C\CCCCCCCCC(=O)OCC(O)COP(=O)(O)OCC(O)COP(=O)(O)OCC(COC(=O)CCCCCCC/C=C\C/C=C\CCCCC)OC(=O)CCCCCCCCCCCCCCC. The number of unbranched alkanes of at least 4 members (excludes halogenated alkanes) is 26. The van der Waals surface area contributed by atoms with Crippen molar-refractivity contribution in [1.29, 1.82) is 0 Å². The summed E-state index contributed by atoms with van der Waals surface area (Å²) >= 11 is 0. The molecule has 0 radical (unpaired) electrons. The van der Waals surface area contributed by atoms with Crippen LogP contribution in [-0.2, 0) is 55.8 Å². The van der Waals surface area contributed by atoms with E-state index in [1.54, 1.807) is 0 Å². The minimum atomic E-state index is -4.92. The van der Waals surface area contributed by atoms with Gasteiger partial charge in [-0.3, -0.25) is 32.5 Å². The summed E-state index contributed by atoms with van der Waals surface area (Å²) in [5.74, 6) is -1.60. The van der Waals surface area contributed by atoms with Gasteiger partial charge in [-0.25, -0.2) is 9.13 Å². The zero-order valence-electron chi connectivity index (χ0n) is 51.9. The molecule has 0 spiro atoms. The molecule has 0 aliphatic carbocycles. The Balaban J connectivity index is 4.64. The topological polar surface area (TPSA) is 231 Å². The average molecular weight is 1220 g/mol. The van der Waals surface area contributed by atoms with Gasteiger partial charge in [0.1, 0.15) is 25.4 Å². The molecular formula is C65H116O16P2. The molecular weight excluding hydrogens is 1100 g/mol. The van der Waals surface area contributed by atoms with E-state index < -0.39 is 91.5 Å². The lowest BCUT2D eigenvalue weighted by atomic mass is 10.0. The molecule has 83 heavy (non-hydrogen) atoms. The normalized spacial score (nSPS) is 14.8. The number of aliphatic hydroxyl groups excluding tert-OH is 2. The fourth-order valence-electron chi connectivity index (χ4n) is 8.47. The van der Waals surface area contributed by atoms with E-state index in [4.69, 9.17) is 32.3 Å². The van der Waals surface area contributed by atoms with Crippen LogP contribution in [0.5, 0.6) is 0 Å². The van der Waals surface area contributed by atoms with Crippen LogP contribution in [0, 0.1) is 0 Å². The highest BCUT2D eigenvalue weighted by Crippen LogP contribution is 2.45. The summed E-state index contributed by atoms with van der Waals surface area (Å²) in [6, 6.07) is 0.